The second kappa shape index (κ2) is 6.37. The predicted molar refractivity (Wildman–Crippen MR) is 76.1 cm³/mol. The van der Waals surface area contributed by atoms with E-state index in [9.17, 15) is 9.59 Å². The van der Waals surface area contributed by atoms with Crippen molar-refractivity contribution < 1.29 is 19.1 Å². The van der Waals surface area contributed by atoms with Crippen molar-refractivity contribution in [1.29, 1.82) is 0 Å². The summed E-state index contributed by atoms with van der Waals surface area (Å²) >= 11 is 1.62. The number of nitrogens with zero attached hydrogens (tertiary/aromatic N) is 1. The monoisotopic (exact) mass is 297 g/mol. The average molecular weight is 297 g/mol. The lowest BCUT2D eigenvalue weighted by Gasteiger charge is -2.32. The minimum absolute atomic E-state index is 0.0185. The molecule has 6 heteroatoms. The van der Waals surface area contributed by atoms with Crippen molar-refractivity contribution in [2.24, 2.45) is 0 Å². The molecule has 0 N–H and O–H groups in total. The van der Waals surface area contributed by atoms with E-state index in [0.717, 1.165) is 15.3 Å². The summed E-state index contributed by atoms with van der Waals surface area (Å²) in [4.78, 5) is 27.7. The number of ether oxygens (including phenoxy) is 2. The number of morpholine rings is 1. The quantitative estimate of drug-likeness (QED) is 0.798. The van der Waals surface area contributed by atoms with Crippen LogP contribution < -0.4 is 0 Å². The van der Waals surface area contributed by atoms with Gasteiger partial charge in [-0.05, 0) is 19.9 Å². The van der Waals surface area contributed by atoms with Crippen molar-refractivity contribution >= 4 is 23.2 Å². The van der Waals surface area contributed by atoms with Gasteiger partial charge in [-0.15, -0.1) is 11.3 Å². The van der Waals surface area contributed by atoms with Crippen LogP contribution in [0.4, 0.5) is 0 Å². The molecule has 0 spiro atoms. The number of esters is 1. The first-order valence-electron chi connectivity index (χ1n) is 6.56. The molecular formula is C14H19NO4S. The highest BCUT2D eigenvalue weighted by Gasteiger charge is 2.28. The van der Waals surface area contributed by atoms with Crippen molar-refractivity contribution in [2.45, 2.75) is 26.4 Å². The number of carbonyl (C=O) groups excluding carboxylic acids is 2. The molecule has 1 aliphatic rings. The maximum absolute atomic E-state index is 12.5. The highest BCUT2D eigenvalue weighted by molar-refractivity contribution is 7.12. The molecule has 20 heavy (non-hydrogen) atoms. The number of thiophene rings is 1. The molecule has 0 radical (unpaired) electrons. The molecule has 1 aromatic rings. The lowest BCUT2D eigenvalue weighted by atomic mass is 10.1. The van der Waals surface area contributed by atoms with E-state index >= 15 is 0 Å². The van der Waals surface area contributed by atoms with Crippen LogP contribution in [0.5, 0.6) is 0 Å². The molecule has 1 aromatic heterocycles. The van der Waals surface area contributed by atoms with Gasteiger partial charge in [-0.1, -0.05) is 0 Å². The fourth-order valence-electron chi connectivity index (χ4n) is 2.31. The zero-order valence-electron chi connectivity index (χ0n) is 12.0. The van der Waals surface area contributed by atoms with Crippen molar-refractivity contribution in [3.8, 4) is 0 Å². The number of methoxy groups -OCH3 is 1. The van der Waals surface area contributed by atoms with Crippen LogP contribution in [0.3, 0.4) is 0 Å². The van der Waals surface area contributed by atoms with Crippen molar-refractivity contribution in [3.05, 3.63) is 21.4 Å². The van der Waals surface area contributed by atoms with Gasteiger partial charge in [-0.2, -0.15) is 0 Å². The van der Waals surface area contributed by atoms with Crippen molar-refractivity contribution in [3.63, 3.8) is 0 Å². The van der Waals surface area contributed by atoms with Crippen molar-refractivity contribution in [2.75, 3.05) is 26.8 Å². The Morgan fingerprint density at radius 3 is 2.85 bits per heavy atom. The summed E-state index contributed by atoms with van der Waals surface area (Å²) in [5, 5.41) is 0. The molecule has 1 aliphatic heterocycles. The molecule has 0 aromatic carbocycles. The SMILES string of the molecule is COC(=O)CC1CN(C(=O)c2cc(C)sc2C)CCO1. The summed E-state index contributed by atoms with van der Waals surface area (Å²) in [6.45, 7) is 5.40. The number of rotatable bonds is 3. The largest absolute Gasteiger partial charge is 0.469 e. The average Bonchev–Trinajstić information content (AvgIpc) is 2.77. The minimum Gasteiger partial charge on any atom is -0.469 e. The van der Waals surface area contributed by atoms with E-state index in [-0.39, 0.29) is 24.4 Å². The van der Waals surface area contributed by atoms with E-state index in [0.29, 0.717) is 19.7 Å². The Hall–Kier alpha value is -1.40. The molecule has 1 atom stereocenters. The summed E-state index contributed by atoms with van der Waals surface area (Å²) < 4.78 is 10.1. The van der Waals surface area contributed by atoms with Gasteiger partial charge in [0.25, 0.3) is 5.91 Å². The summed E-state index contributed by atoms with van der Waals surface area (Å²) in [6.07, 6.45) is -0.0951. The third-order valence-corrected chi connectivity index (χ3v) is 4.29. The molecule has 0 bridgehead atoms. The third-order valence-electron chi connectivity index (χ3n) is 3.32. The van der Waals surface area contributed by atoms with E-state index < -0.39 is 0 Å². The number of hydrogen-bond donors (Lipinski definition) is 0. The van der Waals surface area contributed by atoms with Gasteiger partial charge < -0.3 is 14.4 Å². The van der Waals surface area contributed by atoms with Gasteiger partial charge in [0, 0.05) is 22.8 Å². The highest BCUT2D eigenvalue weighted by Crippen LogP contribution is 2.23. The highest BCUT2D eigenvalue weighted by atomic mass is 32.1. The van der Waals surface area contributed by atoms with Crippen LogP contribution >= 0.6 is 11.3 Å². The van der Waals surface area contributed by atoms with Crippen LogP contribution in [0, 0.1) is 13.8 Å². The fraction of sp³-hybridized carbons (Fsp3) is 0.571. The summed E-state index contributed by atoms with van der Waals surface area (Å²) in [6, 6.07) is 1.92. The Labute approximate surface area is 122 Å². The van der Waals surface area contributed by atoms with Crippen LogP contribution in [0.1, 0.15) is 26.5 Å². The molecule has 0 saturated carbocycles. The van der Waals surface area contributed by atoms with Crippen molar-refractivity contribution in [1.82, 2.24) is 4.90 Å². The van der Waals surface area contributed by atoms with E-state index in [2.05, 4.69) is 4.74 Å². The minimum atomic E-state index is -0.313. The number of aryl methyl sites for hydroxylation is 2. The van der Waals surface area contributed by atoms with Crippen LogP contribution in [0.25, 0.3) is 0 Å². The molecule has 1 saturated heterocycles. The van der Waals surface area contributed by atoms with E-state index in [1.165, 1.54) is 7.11 Å². The van der Waals surface area contributed by atoms with Crippen LogP contribution in [-0.2, 0) is 14.3 Å². The normalized spacial score (nSPS) is 18.9. The van der Waals surface area contributed by atoms with Crippen LogP contribution in [-0.4, -0.2) is 49.7 Å². The second-order valence-electron chi connectivity index (χ2n) is 4.85. The molecule has 0 aliphatic carbocycles. The van der Waals surface area contributed by atoms with Gasteiger partial charge in [0.2, 0.25) is 0 Å². The van der Waals surface area contributed by atoms with Gasteiger partial charge in [0.15, 0.2) is 0 Å². The zero-order valence-corrected chi connectivity index (χ0v) is 12.8. The molecular weight excluding hydrogens is 278 g/mol. The summed E-state index contributed by atoms with van der Waals surface area (Å²) in [5.74, 6) is -0.295. The Kier molecular flexibility index (Phi) is 4.77. The Bertz CT molecular complexity index is 511. The lowest BCUT2D eigenvalue weighted by Crippen LogP contribution is -2.46. The zero-order chi connectivity index (χ0) is 14.7. The number of hydrogen-bond acceptors (Lipinski definition) is 5. The third kappa shape index (κ3) is 3.37. The van der Waals surface area contributed by atoms with E-state index in [1.54, 1.807) is 16.2 Å². The first-order chi connectivity index (χ1) is 9.51. The maximum atomic E-state index is 12.5. The maximum Gasteiger partial charge on any atom is 0.308 e. The Morgan fingerprint density at radius 2 is 2.25 bits per heavy atom. The molecule has 2 heterocycles. The first-order valence-corrected chi connectivity index (χ1v) is 7.37. The molecule has 1 fully saturated rings. The summed E-state index contributed by atoms with van der Waals surface area (Å²) in [7, 11) is 1.35. The van der Waals surface area contributed by atoms with Crippen LogP contribution in [0.15, 0.2) is 6.07 Å². The van der Waals surface area contributed by atoms with E-state index in [4.69, 9.17) is 4.74 Å². The molecule has 2 rings (SSSR count). The standard InChI is InChI=1S/C14H19NO4S/c1-9-6-12(10(2)20-9)14(17)15-4-5-19-11(8-15)7-13(16)18-3/h6,11H,4-5,7-8H2,1-3H3. The van der Waals surface area contributed by atoms with Crippen LogP contribution in [0.2, 0.25) is 0 Å². The predicted octanol–water partition coefficient (Wildman–Crippen LogP) is 1.77. The molecule has 5 nitrogen and oxygen atoms in total. The number of amides is 1. The number of carbonyl (C=O) groups is 2. The smallest absolute Gasteiger partial charge is 0.308 e. The van der Waals surface area contributed by atoms with E-state index in [1.807, 2.05) is 19.9 Å². The van der Waals surface area contributed by atoms with Gasteiger partial charge in [-0.25, -0.2) is 0 Å². The first kappa shape index (κ1) is 15.0. The lowest BCUT2D eigenvalue weighted by molar-refractivity contribution is -0.145. The topological polar surface area (TPSA) is 55.8 Å². The Balaban J connectivity index is 2.03. The summed E-state index contributed by atoms with van der Waals surface area (Å²) in [5.41, 5.74) is 0.756. The van der Waals surface area contributed by atoms with Gasteiger partial charge >= 0.3 is 5.97 Å². The fourth-order valence-corrected chi connectivity index (χ4v) is 3.23. The second-order valence-corrected chi connectivity index (χ2v) is 6.31. The molecule has 1 amide bonds. The molecule has 110 valence electrons. The van der Waals surface area contributed by atoms with Gasteiger partial charge in [0.1, 0.15) is 0 Å². The van der Waals surface area contributed by atoms with Gasteiger partial charge in [-0.3, -0.25) is 9.59 Å². The Morgan fingerprint density at radius 1 is 1.50 bits per heavy atom. The van der Waals surface area contributed by atoms with Gasteiger partial charge in [0.05, 0.1) is 31.8 Å². The molecule has 1 unspecified atom stereocenters.